The first-order chi connectivity index (χ1) is 7.62. The summed E-state index contributed by atoms with van der Waals surface area (Å²) in [5, 5.41) is 16.7. The molecule has 1 aromatic rings. The van der Waals surface area contributed by atoms with E-state index >= 15 is 0 Å². The third-order valence-electron chi connectivity index (χ3n) is 1.82. The molecule has 1 unspecified atom stereocenters. The molecule has 0 aromatic heterocycles. The van der Waals surface area contributed by atoms with Crippen LogP contribution in [0, 0.1) is 29.1 Å². The number of carbonyl (C=O) groups is 1. The Kier molecular flexibility index (Phi) is 3.06. The van der Waals surface area contributed by atoms with Gasteiger partial charge in [-0.15, -0.1) is 0 Å². The number of carboxylic acids is 1. The van der Waals surface area contributed by atoms with Crippen LogP contribution in [0.25, 0.3) is 0 Å². The Hall–Kier alpha value is -1.77. The average molecular weight is 260 g/mol. The summed E-state index contributed by atoms with van der Waals surface area (Å²) in [5.41, 5.74) is -2.47. The van der Waals surface area contributed by atoms with Gasteiger partial charge in [0.25, 0.3) is 0 Å². The summed E-state index contributed by atoms with van der Waals surface area (Å²) in [6.45, 7) is 0. The minimum Gasteiger partial charge on any atom is -0.477 e. The molecular formula is C8H2F6O3. The lowest BCUT2D eigenvalue weighted by atomic mass is 10.0. The van der Waals surface area contributed by atoms with Gasteiger partial charge in [-0.05, 0) is 0 Å². The fraction of sp³-hybridized carbons (Fsp3) is 0.125. The number of hydrogen-bond acceptors (Lipinski definition) is 2. The monoisotopic (exact) mass is 260 g/mol. The van der Waals surface area contributed by atoms with Gasteiger partial charge in [-0.25, -0.2) is 26.7 Å². The zero-order valence-corrected chi connectivity index (χ0v) is 7.57. The Morgan fingerprint density at radius 3 is 1.47 bits per heavy atom. The summed E-state index contributed by atoms with van der Waals surface area (Å²) in [6, 6.07) is 0. The fourth-order valence-electron chi connectivity index (χ4n) is 1.00. The lowest BCUT2D eigenvalue weighted by Gasteiger charge is -2.16. The van der Waals surface area contributed by atoms with Gasteiger partial charge >= 0.3 is 11.8 Å². The highest BCUT2D eigenvalue weighted by atomic mass is 19.2. The molecule has 0 heterocycles. The number of benzene rings is 1. The molecule has 0 saturated heterocycles. The van der Waals surface area contributed by atoms with Crippen molar-refractivity contribution in [3.63, 3.8) is 0 Å². The predicted molar refractivity (Wildman–Crippen MR) is 38.9 cm³/mol. The number of halogens is 6. The van der Waals surface area contributed by atoms with Crippen molar-refractivity contribution in [1.29, 1.82) is 0 Å². The molecule has 0 bridgehead atoms. The van der Waals surface area contributed by atoms with Gasteiger partial charge in [0, 0.05) is 0 Å². The molecule has 0 radical (unpaired) electrons. The van der Waals surface area contributed by atoms with Crippen molar-refractivity contribution in [3.05, 3.63) is 34.6 Å². The number of aliphatic hydroxyl groups is 1. The maximum Gasteiger partial charge on any atom is 0.374 e. The van der Waals surface area contributed by atoms with Crippen LogP contribution in [0.15, 0.2) is 0 Å². The largest absolute Gasteiger partial charge is 0.477 e. The van der Waals surface area contributed by atoms with Gasteiger partial charge in [0.05, 0.1) is 0 Å². The fourth-order valence-corrected chi connectivity index (χ4v) is 1.00. The number of carboxylic acid groups (broad SMARTS) is 1. The van der Waals surface area contributed by atoms with Crippen LogP contribution in [0.2, 0.25) is 0 Å². The number of alkyl halides is 1. The van der Waals surface area contributed by atoms with Gasteiger partial charge in [-0.1, -0.05) is 0 Å². The maximum absolute atomic E-state index is 13.0. The standard InChI is InChI=1S/C8H2F6O3/c9-2-1(8(14,17)7(15)16)3(10)5(12)6(13)4(2)11/h17H,(H,15,16). The van der Waals surface area contributed by atoms with Crippen LogP contribution in [-0.4, -0.2) is 16.2 Å². The molecule has 1 rings (SSSR count). The highest BCUT2D eigenvalue weighted by molar-refractivity contribution is 5.77. The van der Waals surface area contributed by atoms with Crippen molar-refractivity contribution in [1.82, 2.24) is 0 Å². The van der Waals surface area contributed by atoms with Gasteiger partial charge in [0.1, 0.15) is 5.56 Å². The van der Waals surface area contributed by atoms with Crippen molar-refractivity contribution in [3.8, 4) is 0 Å². The molecule has 0 fully saturated rings. The summed E-state index contributed by atoms with van der Waals surface area (Å²) in [4.78, 5) is 10.1. The summed E-state index contributed by atoms with van der Waals surface area (Å²) in [7, 11) is 0. The minimum absolute atomic E-state index is 2.47. The van der Waals surface area contributed by atoms with Crippen molar-refractivity contribution in [2.24, 2.45) is 0 Å². The molecule has 0 amide bonds. The Balaban J connectivity index is 3.72. The summed E-state index contributed by atoms with van der Waals surface area (Å²) < 4.78 is 76.4. The molecule has 17 heavy (non-hydrogen) atoms. The molecule has 0 saturated carbocycles. The highest BCUT2D eigenvalue weighted by Gasteiger charge is 2.46. The number of rotatable bonds is 2. The van der Waals surface area contributed by atoms with E-state index in [1.807, 2.05) is 0 Å². The van der Waals surface area contributed by atoms with E-state index in [1.54, 1.807) is 0 Å². The average Bonchev–Trinajstić information content (AvgIpc) is 2.23. The van der Waals surface area contributed by atoms with E-state index in [1.165, 1.54) is 0 Å². The van der Waals surface area contributed by atoms with Crippen LogP contribution in [0.4, 0.5) is 26.3 Å². The van der Waals surface area contributed by atoms with Crippen LogP contribution in [0.5, 0.6) is 0 Å². The zero-order chi connectivity index (χ0) is 13.5. The van der Waals surface area contributed by atoms with Crippen molar-refractivity contribution in [2.45, 2.75) is 5.85 Å². The molecular weight excluding hydrogens is 258 g/mol. The summed E-state index contributed by atoms with van der Waals surface area (Å²) in [6.07, 6.45) is 0. The molecule has 1 atom stereocenters. The third-order valence-corrected chi connectivity index (χ3v) is 1.82. The van der Waals surface area contributed by atoms with Crippen molar-refractivity contribution in [2.75, 3.05) is 0 Å². The summed E-state index contributed by atoms with van der Waals surface area (Å²) in [5.74, 6) is -20.8. The van der Waals surface area contributed by atoms with Crippen molar-refractivity contribution < 1.29 is 41.4 Å². The van der Waals surface area contributed by atoms with Crippen molar-refractivity contribution >= 4 is 5.97 Å². The summed E-state index contributed by atoms with van der Waals surface area (Å²) >= 11 is 0. The second-order valence-corrected chi connectivity index (χ2v) is 2.87. The van der Waals surface area contributed by atoms with E-state index in [0.29, 0.717) is 0 Å². The van der Waals surface area contributed by atoms with Gasteiger partial charge in [-0.2, -0.15) is 4.39 Å². The molecule has 0 aliphatic rings. The Morgan fingerprint density at radius 1 is 0.882 bits per heavy atom. The topological polar surface area (TPSA) is 57.5 Å². The smallest absolute Gasteiger partial charge is 0.374 e. The third kappa shape index (κ3) is 1.82. The van der Waals surface area contributed by atoms with Gasteiger partial charge in [0.15, 0.2) is 23.3 Å². The number of hydrogen-bond donors (Lipinski definition) is 2. The number of aliphatic carboxylic acids is 1. The molecule has 9 heteroatoms. The second-order valence-electron chi connectivity index (χ2n) is 2.87. The van der Waals surface area contributed by atoms with Crippen LogP contribution in [0.1, 0.15) is 5.56 Å². The SMILES string of the molecule is O=C(O)C(O)(F)c1c(F)c(F)c(F)c(F)c1F. The lowest BCUT2D eigenvalue weighted by molar-refractivity contribution is -0.184. The van der Waals surface area contributed by atoms with Crippen LogP contribution < -0.4 is 0 Å². The lowest BCUT2D eigenvalue weighted by Crippen LogP contribution is -2.33. The predicted octanol–water partition coefficient (Wildman–Crippen LogP) is 1.58. The molecule has 1 aromatic carbocycles. The van der Waals surface area contributed by atoms with E-state index in [4.69, 9.17) is 10.2 Å². The first-order valence-corrected chi connectivity index (χ1v) is 3.79. The molecule has 2 N–H and O–H groups in total. The van der Waals surface area contributed by atoms with E-state index in [9.17, 15) is 31.1 Å². The van der Waals surface area contributed by atoms with Gasteiger partial charge in [0.2, 0.25) is 5.82 Å². The molecule has 0 spiro atoms. The Labute approximate surface area is 88.9 Å². The quantitative estimate of drug-likeness (QED) is 0.482. The molecule has 3 nitrogen and oxygen atoms in total. The zero-order valence-electron chi connectivity index (χ0n) is 7.57. The van der Waals surface area contributed by atoms with Crippen LogP contribution in [-0.2, 0) is 10.6 Å². The van der Waals surface area contributed by atoms with Crippen LogP contribution in [0.3, 0.4) is 0 Å². The highest BCUT2D eigenvalue weighted by Crippen LogP contribution is 2.32. The maximum atomic E-state index is 13.0. The van der Waals surface area contributed by atoms with Gasteiger partial charge in [-0.3, -0.25) is 0 Å². The molecule has 0 aliphatic heterocycles. The Bertz CT molecular complexity index is 470. The van der Waals surface area contributed by atoms with Gasteiger partial charge < -0.3 is 10.2 Å². The van der Waals surface area contributed by atoms with E-state index in [-0.39, 0.29) is 0 Å². The molecule has 94 valence electrons. The van der Waals surface area contributed by atoms with Crippen LogP contribution >= 0.6 is 0 Å². The normalized spacial score (nSPS) is 14.5. The minimum atomic E-state index is -4.73. The van der Waals surface area contributed by atoms with E-state index in [0.717, 1.165) is 0 Å². The molecule has 0 aliphatic carbocycles. The first kappa shape index (κ1) is 13.3. The van der Waals surface area contributed by atoms with E-state index in [2.05, 4.69) is 0 Å². The Morgan fingerprint density at radius 2 is 1.18 bits per heavy atom. The second kappa shape index (κ2) is 3.91. The first-order valence-electron chi connectivity index (χ1n) is 3.79. The van der Waals surface area contributed by atoms with E-state index < -0.39 is 46.5 Å².